The van der Waals surface area contributed by atoms with Crippen LogP contribution in [0.4, 0.5) is 5.13 Å². The molecule has 2 aromatic rings. The molecule has 2 rings (SSSR count). The van der Waals surface area contributed by atoms with Crippen LogP contribution in [0.2, 0.25) is 0 Å². The highest BCUT2D eigenvalue weighted by atomic mass is 32.1. The maximum atomic E-state index is 4.22. The molecule has 2 aromatic heterocycles. The summed E-state index contributed by atoms with van der Waals surface area (Å²) in [6, 6.07) is 0. The van der Waals surface area contributed by atoms with Gasteiger partial charge in [0.05, 0.1) is 5.56 Å². The van der Waals surface area contributed by atoms with Crippen molar-refractivity contribution in [3.8, 4) is 11.4 Å². The molecule has 0 bridgehead atoms. The SMILES string of the molecule is CNc1nc(-c2cncnc2)ns1. The largest absolute Gasteiger partial charge is 0.363 e. The molecule has 5 nitrogen and oxygen atoms in total. The molecule has 0 aliphatic carbocycles. The summed E-state index contributed by atoms with van der Waals surface area (Å²) in [7, 11) is 1.81. The van der Waals surface area contributed by atoms with Crippen LogP contribution in [-0.4, -0.2) is 26.4 Å². The van der Waals surface area contributed by atoms with E-state index in [1.165, 1.54) is 17.9 Å². The minimum atomic E-state index is 0.662. The zero-order valence-corrected chi connectivity index (χ0v) is 7.75. The number of hydrogen-bond acceptors (Lipinski definition) is 6. The Morgan fingerprint density at radius 2 is 2.08 bits per heavy atom. The Morgan fingerprint density at radius 1 is 1.31 bits per heavy atom. The minimum absolute atomic E-state index is 0.662. The lowest BCUT2D eigenvalue weighted by Gasteiger charge is -1.90. The second-order valence-electron chi connectivity index (χ2n) is 2.30. The molecule has 0 unspecified atom stereocenters. The molecule has 0 saturated heterocycles. The molecule has 6 heteroatoms. The molecular weight excluding hydrogens is 186 g/mol. The Kier molecular flexibility index (Phi) is 2.13. The van der Waals surface area contributed by atoms with E-state index in [4.69, 9.17) is 0 Å². The van der Waals surface area contributed by atoms with Crippen molar-refractivity contribution in [3.05, 3.63) is 18.7 Å². The zero-order valence-electron chi connectivity index (χ0n) is 6.93. The first-order valence-electron chi connectivity index (χ1n) is 3.67. The highest BCUT2D eigenvalue weighted by Gasteiger charge is 2.04. The summed E-state index contributed by atoms with van der Waals surface area (Å²) >= 11 is 1.32. The molecule has 13 heavy (non-hydrogen) atoms. The first kappa shape index (κ1) is 8.06. The molecule has 0 saturated carbocycles. The minimum Gasteiger partial charge on any atom is -0.363 e. The fourth-order valence-electron chi connectivity index (χ4n) is 0.857. The lowest BCUT2D eigenvalue weighted by Crippen LogP contribution is -1.87. The Morgan fingerprint density at radius 3 is 2.69 bits per heavy atom. The van der Waals surface area contributed by atoms with Gasteiger partial charge in [-0.2, -0.15) is 9.36 Å². The molecule has 1 N–H and O–H groups in total. The van der Waals surface area contributed by atoms with Gasteiger partial charge in [-0.15, -0.1) is 0 Å². The van der Waals surface area contributed by atoms with Gasteiger partial charge in [0.25, 0.3) is 0 Å². The van der Waals surface area contributed by atoms with Gasteiger partial charge in [-0.05, 0) is 0 Å². The number of anilines is 1. The number of hydrogen-bond donors (Lipinski definition) is 1. The average Bonchev–Trinajstić information content (AvgIpc) is 2.67. The molecule has 0 radical (unpaired) electrons. The summed E-state index contributed by atoms with van der Waals surface area (Å²) in [5.41, 5.74) is 0.834. The van der Waals surface area contributed by atoms with E-state index in [0.29, 0.717) is 5.82 Å². The van der Waals surface area contributed by atoms with Crippen molar-refractivity contribution in [3.63, 3.8) is 0 Å². The van der Waals surface area contributed by atoms with Gasteiger partial charge in [0, 0.05) is 31.0 Å². The van der Waals surface area contributed by atoms with E-state index in [1.807, 2.05) is 7.05 Å². The summed E-state index contributed by atoms with van der Waals surface area (Å²) in [5.74, 6) is 0.662. The van der Waals surface area contributed by atoms with Gasteiger partial charge in [0.1, 0.15) is 6.33 Å². The highest BCUT2D eigenvalue weighted by Crippen LogP contribution is 2.18. The van der Waals surface area contributed by atoms with E-state index in [-0.39, 0.29) is 0 Å². The van der Waals surface area contributed by atoms with Gasteiger partial charge < -0.3 is 5.32 Å². The van der Waals surface area contributed by atoms with Gasteiger partial charge in [-0.25, -0.2) is 9.97 Å². The van der Waals surface area contributed by atoms with Crippen LogP contribution in [0.5, 0.6) is 0 Å². The number of rotatable bonds is 2. The number of nitrogens with zero attached hydrogens (tertiary/aromatic N) is 4. The number of aromatic nitrogens is 4. The molecule has 0 spiro atoms. The standard InChI is InChI=1S/C7H7N5S/c1-8-7-11-6(12-13-7)5-2-9-4-10-3-5/h2-4H,1H3,(H,8,11,12). The van der Waals surface area contributed by atoms with Crippen LogP contribution >= 0.6 is 11.5 Å². The van der Waals surface area contributed by atoms with Gasteiger partial charge >= 0.3 is 0 Å². The van der Waals surface area contributed by atoms with Crippen LogP contribution in [0.3, 0.4) is 0 Å². The third-order valence-corrected chi connectivity index (χ3v) is 2.19. The Bertz CT molecular complexity index is 385. The molecule has 0 amide bonds. The van der Waals surface area contributed by atoms with Gasteiger partial charge in [0.15, 0.2) is 5.82 Å². The third-order valence-electron chi connectivity index (χ3n) is 1.46. The maximum Gasteiger partial charge on any atom is 0.202 e. The average molecular weight is 193 g/mol. The second-order valence-corrected chi connectivity index (χ2v) is 3.05. The van der Waals surface area contributed by atoms with E-state index < -0.39 is 0 Å². The van der Waals surface area contributed by atoms with E-state index in [1.54, 1.807) is 12.4 Å². The van der Waals surface area contributed by atoms with Crippen LogP contribution in [0.1, 0.15) is 0 Å². The summed E-state index contributed by atoms with van der Waals surface area (Å²) < 4.78 is 4.15. The van der Waals surface area contributed by atoms with Gasteiger partial charge in [0.2, 0.25) is 5.13 Å². The van der Waals surface area contributed by atoms with Crippen LogP contribution in [0.25, 0.3) is 11.4 Å². The predicted molar refractivity (Wildman–Crippen MR) is 50.5 cm³/mol. The van der Waals surface area contributed by atoms with Crippen molar-refractivity contribution in [2.45, 2.75) is 0 Å². The predicted octanol–water partition coefficient (Wildman–Crippen LogP) is 1.04. The fourth-order valence-corrected chi connectivity index (χ4v) is 1.39. The lowest BCUT2D eigenvalue weighted by atomic mass is 10.3. The molecule has 2 heterocycles. The Balaban J connectivity index is 2.36. The molecular formula is C7H7N5S. The summed E-state index contributed by atoms with van der Waals surface area (Å²) in [6.45, 7) is 0. The monoisotopic (exact) mass is 193 g/mol. The summed E-state index contributed by atoms with van der Waals surface area (Å²) in [6.07, 6.45) is 4.86. The Hall–Kier alpha value is -1.56. The first-order chi connectivity index (χ1) is 6.40. The lowest BCUT2D eigenvalue weighted by molar-refractivity contribution is 1.15. The first-order valence-corrected chi connectivity index (χ1v) is 4.44. The van der Waals surface area contributed by atoms with Crippen LogP contribution in [0.15, 0.2) is 18.7 Å². The van der Waals surface area contributed by atoms with Crippen molar-refractivity contribution >= 4 is 16.7 Å². The smallest absolute Gasteiger partial charge is 0.202 e. The fraction of sp³-hybridized carbons (Fsp3) is 0.143. The Labute approximate surface area is 79.1 Å². The van der Waals surface area contributed by atoms with Crippen LogP contribution < -0.4 is 5.32 Å². The maximum absolute atomic E-state index is 4.22. The molecule has 0 aliphatic rings. The topological polar surface area (TPSA) is 63.6 Å². The van der Waals surface area contributed by atoms with E-state index in [9.17, 15) is 0 Å². The van der Waals surface area contributed by atoms with Gasteiger partial charge in [-0.3, -0.25) is 0 Å². The summed E-state index contributed by atoms with van der Waals surface area (Å²) in [5, 5.41) is 3.71. The van der Waals surface area contributed by atoms with Crippen molar-refractivity contribution in [2.24, 2.45) is 0 Å². The zero-order chi connectivity index (χ0) is 9.10. The summed E-state index contributed by atoms with van der Waals surface area (Å²) in [4.78, 5) is 12.0. The molecule has 66 valence electrons. The quantitative estimate of drug-likeness (QED) is 0.772. The van der Waals surface area contributed by atoms with Crippen molar-refractivity contribution < 1.29 is 0 Å². The van der Waals surface area contributed by atoms with Gasteiger partial charge in [-0.1, -0.05) is 0 Å². The van der Waals surface area contributed by atoms with E-state index in [0.717, 1.165) is 10.7 Å². The third kappa shape index (κ3) is 1.62. The second kappa shape index (κ2) is 3.44. The van der Waals surface area contributed by atoms with Crippen LogP contribution in [0, 0.1) is 0 Å². The van der Waals surface area contributed by atoms with Crippen molar-refractivity contribution in [2.75, 3.05) is 12.4 Å². The molecule has 0 fully saturated rings. The van der Waals surface area contributed by atoms with E-state index in [2.05, 4.69) is 24.6 Å². The highest BCUT2D eigenvalue weighted by molar-refractivity contribution is 7.09. The van der Waals surface area contributed by atoms with Crippen molar-refractivity contribution in [1.82, 2.24) is 19.3 Å². The normalized spacial score (nSPS) is 9.92. The molecule has 0 atom stereocenters. The van der Waals surface area contributed by atoms with Crippen LogP contribution in [-0.2, 0) is 0 Å². The molecule has 0 aliphatic heterocycles. The number of nitrogens with one attached hydrogen (secondary N) is 1. The molecule has 0 aromatic carbocycles. The van der Waals surface area contributed by atoms with Crippen molar-refractivity contribution in [1.29, 1.82) is 0 Å². The van der Waals surface area contributed by atoms with E-state index >= 15 is 0 Å².